The molecule has 0 aliphatic carbocycles. The smallest absolute Gasteiger partial charge is 0.279 e. The molecule has 1 atom stereocenters. The molecule has 2 aromatic heterocycles. The molecular formula is C19H24N6O. The number of carbonyl (C=O) groups is 1. The fourth-order valence-corrected chi connectivity index (χ4v) is 2.67. The second kappa shape index (κ2) is 7.51. The molecule has 1 aromatic carbocycles. The summed E-state index contributed by atoms with van der Waals surface area (Å²) in [5.74, 6) is 0.784. The van der Waals surface area contributed by atoms with Crippen molar-refractivity contribution in [2.45, 2.75) is 40.3 Å². The van der Waals surface area contributed by atoms with E-state index in [0.717, 1.165) is 11.3 Å². The molecule has 2 heterocycles. The van der Waals surface area contributed by atoms with Gasteiger partial charge in [-0.05, 0) is 25.3 Å². The largest absolute Gasteiger partial charge is 0.305 e. The molecule has 136 valence electrons. The third kappa shape index (κ3) is 3.66. The topological polar surface area (TPSA) is 77.6 Å². The zero-order chi connectivity index (χ0) is 18.7. The fourth-order valence-electron chi connectivity index (χ4n) is 2.67. The number of rotatable bonds is 6. The zero-order valence-electron chi connectivity index (χ0n) is 15.5. The summed E-state index contributed by atoms with van der Waals surface area (Å²) in [7, 11) is 0. The molecule has 7 nitrogen and oxygen atoms in total. The minimum atomic E-state index is -0.278. The van der Waals surface area contributed by atoms with Gasteiger partial charge in [-0.15, -0.1) is 5.10 Å². The molecule has 0 saturated carbocycles. The Hall–Kier alpha value is -2.96. The highest BCUT2D eigenvalue weighted by Gasteiger charge is 2.20. The van der Waals surface area contributed by atoms with Gasteiger partial charge >= 0.3 is 0 Å². The molecule has 3 aromatic rings. The molecule has 7 heteroatoms. The first kappa shape index (κ1) is 17.8. The first-order valence-corrected chi connectivity index (χ1v) is 8.76. The summed E-state index contributed by atoms with van der Waals surface area (Å²) >= 11 is 0. The van der Waals surface area contributed by atoms with E-state index in [1.165, 1.54) is 0 Å². The highest BCUT2D eigenvalue weighted by Crippen LogP contribution is 2.21. The van der Waals surface area contributed by atoms with Crippen LogP contribution in [0.1, 0.15) is 48.6 Å². The van der Waals surface area contributed by atoms with Crippen LogP contribution in [0.2, 0.25) is 0 Å². The first-order valence-electron chi connectivity index (χ1n) is 8.76. The van der Waals surface area contributed by atoms with Crippen molar-refractivity contribution in [2.24, 2.45) is 5.92 Å². The van der Waals surface area contributed by atoms with Crippen molar-refractivity contribution in [3.8, 4) is 0 Å². The number of hydrogen-bond donors (Lipinski definition) is 1. The van der Waals surface area contributed by atoms with Gasteiger partial charge in [0.1, 0.15) is 5.82 Å². The van der Waals surface area contributed by atoms with Gasteiger partial charge in [0.05, 0.1) is 24.5 Å². The molecule has 1 amide bonds. The van der Waals surface area contributed by atoms with E-state index in [2.05, 4.69) is 41.5 Å². The average Bonchev–Trinajstić information content (AvgIpc) is 3.22. The number of benzene rings is 1. The van der Waals surface area contributed by atoms with Crippen molar-refractivity contribution in [1.29, 1.82) is 0 Å². The summed E-state index contributed by atoms with van der Waals surface area (Å²) in [6, 6.07) is 11.9. The van der Waals surface area contributed by atoms with Crippen LogP contribution in [-0.4, -0.2) is 30.7 Å². The number of nitrogens with zero attached hydrogens (tertiary/aromatic N) is 5. The Morgan fingerprint density at radius 1 is 1.15 bits per heavy atom. The van der Waals surface area contributed by atoms with Crippen molar-refractivity contribution in [1.82, 2.24) is 24.8 Å². The van der Waals surface area contributed by atoms with Gasteiger partial charge < -0.3 is 5.32 Å². The number of carbonyl (C=O) groups excluding carboxylic acids is 1. The SMILES string of the molecule is Cc1c(C(=O)Nc2ccnn2[C@@H](C)C(C)C)nnn1Cc1ccccc1. The van der Waals surface area contributed by atoms with Gasteiger partial charge in [-0.1, -0.05) is 49.4 Å². The highest BCUT2D eigenvalue weighted by atomic mass is 16.2. The summed E-state index contributed by atoms with van der Waals surface area (Å²) in [4.78, 5) is 12.7. The van der Waals surface area contributed by atoms with E-state index in [4.69, 9.17) is 0 Å². The molecule has 0 bridgehead atoms. The Balaban J connectivity index is 1.77. The number of amides is 1. The molecule has 0 spiro atoms. The Kier molecular flexibility index (Phi) is 5.16. The normalized spacial score (nSPS) is 12.3. The number of anilines is 1. The quantitative estimate of drug-likeness (QED) is 0.738. The third-order valence-corrected chi connectivity index (χ3v) is 4.64. The lowest BCUT2D eigenvalue weighted by Gasteiger charge is -2.19. The molecule has 0 aliphatic heterocycles. The van der Waals surface area contributed by atoms with Crippen LogP contribution in [0, 0.1) is 12.8 Å². The monoisotopic (exact) mass is 352 g/mol. The van der Waals surface area contributed by atoms with Crippen LogP contribution in [0.3, 0.4) is 0 Å². The van der Waals surface area contributed by atoms with E-state index < -0.39 is 0 Å². The Morgan fingerprint density at radius 3 is 2.58 bits per heavy atom. The van der Waals surface area contributed by atoms with E-state index in [1.807, 2.05) is 41.9 Å². The van der Waals surface area contributed by atoms with Gasteiger partial charge in [0, 0.05) is 6.07 Å². The van der Waals surface area contributed by atoms with E-state index >= 15 is 0 Å². The Morgan fingerprint density at radius 2 is 1.88 bits per heavy atom. The van der Waals surface area contributed by atoms with Crippen LogP contribution in [-0.2, 0) is 6.54 Å². The Bertz CT molecular complexity index is 881. The van der Waals surface area contributed by atoms with Crippen LogP contribution >= 0.6 is 0 Å². The molecule has 3 rings (SSSR count). The molecule has 0 aliphatic rings. The van der Waals surface area contributed by atoms with Gasteiger partial charge in [0.25, 0.3) is 5.91 Å². The minimum absolute atomic E-state index is 0.176. The minimum Gasteiger partial charge on any atom is -0.305 e. The van der Waals surface area contributed by atoms with Gasteiger partial charge in [0.2, 0.25) is 0 Å². The van der Waals surface area contributed by atoms with E-state index in [-0.39, 0.29) is 11.9 Å². The van der Waals surface area contributed by atoms with Gasteiger partial charge in [-0.2, -0.15) is 5.10 Å². The number of hydrogen-bond acceptors (Lipinski definition) is 4. The van der Waals surface area contributed by atoms with Crippen molar-refractivity contribution in [3.05, 3.63) is 59.5 Å². The van der Waals surface area contributed by atoms with Gasteiger partial charge in [-0.25, -0.2) is 9.36 Å². The van der Waals surface area contributed by atoms with Crippen LogP contribution in [0.15, 0.2) is 42.6 Å². The van der Waals surface area contributed by atoms with Crippen molar-refractivity contribution < 1.29 is 4.79 Å². The molecule has 0 saturated heterocycles. The summed E-state index contributed by atoms with van der Waals surface area (Å²) in [5, 5.41) is 15.4. The predicted molar refractivity (Wildman–Crippen MR) is 100 cm³/mol. The zero-order valence-corrected chi connectivity index (χ0v) is 15.5. The average molecular weight is 352 g/mol. The lowest BCUT2D eigenvalue weighted by molar-refractivity contribution is 0.102. The standard InChI is InChI=1S/C19H24N6O/c1-13(2)14(3)25-17(10-11-20-25)21-19(26)18-15(4)24(23-22-18)12-16-8-6-5-7-9-16/h5-11,13-14H,12H2,1-4H3,(H,21,26)/t14-/m0/s1. The summed E-state index contributed by atoms with van der Waals surface area (Å²) in [6.45, 7) is 8.75. The lowest BCUT2D eigenvalue weighted by Crippen LogP contribution is -2.20. The maximum absolute atomic E-state index is 12.7. The molecule has 26 heavy (non-hydrogen) atoms. The van der Waals surface area contributed by atoms with Crippen LogP contribution in [0.4, 0.5) is 5.82 Å². The Labute approximate surface area is 153 Å². The molecule has 1 N–H and O–H groups in total. The maximum atomic E-state index is 12.7. The summed E-state index contributed by atoms with van der Waals surface area (Å²) in [6.07, 6.45) is 1.69. The van der Waals surface area contributed by atoms with Crippen molar-refractivity contribution in [2.75, 3.05) is 5.32 Å². The van der Waals surface area contributed by atoms with E-state index in [9.17, 15) is 4.79 Å². The molecule has 0 fully saturated rings. The van der Waals surface area contributed by atoms with E-state index in [0.29, 0.717) is 24.0 Å². The second-order valence-electron chi connectivity index (χ2n) is 6.77. The second-order valence-corrected chi connectivity index (χ2v) is 6.77. The first-order chi connectivity index (χ1) is 12.5. The summed E-state index contributed by atoms with van der Waals surface area (Å²) in [5.41, 5.74) is 2.16. The fraction of sp³-hybridized carbons (Fsp3) is 0.368. The van der Waals surface area contributed by atoms with Crippen molar-refractivity contribution >= 4 is 11.7 Å². The van der Waals surface area contributed by atoms with Crippen LogP contribution in [0.5, 0.6) is 0 Å². The molecular weight excluding hydrogens is 328 g/mol. The molecule has 0 unspecified atom stereocenters. The third-order valence-electron chi connectivity index (χ3n) is 4.64. The van der Waals surface area contributed by atoms with Gasteiger partial charge in [0.15, 0.2) is 5.69 Å². The number of aromatic nitrogens is 5. The van der Waals surface area contributed by atoms with Crippen LogP contribution < -0.4 is 5.32 Å². The number of nitrogens with one attached hydrogen (secondary N) is 1. The maximum Gasteiger partial charge on any atom is 0.279 e. The summed E-state index contributed by atoms with van der Waals surface area (Å²) < 4.78 is 3.56. The van der Waals surface area contributed by atoms with Crippen molar-refractivity contribution in [3.63, 3.8) is 0 Å². The van der Waals surface area contributed by atoms with Gasteiger partial charge in [-0.3, -0.25) is 4.79 Å². The predicted octanol–water partition coefficient (Wildman–Crippen LogP) is 3.30. The highest BCUT2D eigenvalue weighted by molar-refractivity contribution is 6.03. The van der Waals surface area contributed by atoms with E-state index in [1.54, 1.807) is 16.9 Å². The molecule has 0 radical (unpaired) electrons. The lowest BCUT2D eigenvalue weighted by atomic mass is 10.1. The van der Waals surface area contributed by atoms with Crippen LogP contribution in [0.25, 0.3) is 0 Å².